The van der Waals surface area contributed by atoms with Crippen molar-refractivity contribution in [1.82, 2.24) is 10.1 Å². The molecule has 2 rings (SSSR count). The maximum Gasteiger partial charge on any atom is 0.234 e. The Labute approximate surface area is 98.7 Å². The van der Waals surface area contributed by atoms with E-state index in [2.05, 4.69) is 10.1 Å². The number of aliphatic hydroxyl groups is 1. The average Bonchev–Trinajstić information content (AvgIpc) is 2.64. The Kier molecular flexibility index (Phi) is 3.45. The number of aliphatic hydroxyl groups excluding tert-OH is 1. The van der Waals surface area contributed by atoms with Crippen LogP contribution >= 0.6 is 0 Å². The predicted octanol–water partition coefficient (Wildman–Crippen LogP) is -0.521. The summed E-state index contributed by atoms with van der Waals surface area (Å²) in [6, 6.07) is 0. The summed E-state index contributed by atoms with van der Waals surface area (Å²) >= 11 is 0. The number of aromatic nitrogens is 2. The maximum atomic E-state index is 11.1. The van der Waals surface area contributed by atoms with Gasteiger partial charge in [-0.2, -0.15) is 4.98 Å². The zero-order valence-corrected chi connectivity index (χ0v) is 10.2. The molecule has 17 heavy (non-hydrogen) atoms. The van der Waals surface area contributed by atoms with Gasteiger partial charge in [-0.3, -0.25) is 0 Å². The highest BCUT2D eigenvalue weighted by atomic mass is 32.2. The summed E-state index contributed by atoms with van der Waals surface area (Å²) < 4.78 is 32.3. The first-order valence-electron chi connectivity index (χ1n) is 5.22. The van der Waals surface area contributed by atoms with E-state index >= 15 is 0 Å². The molecule has 1 N–H and O–H groups in total. The van der Waals surface area contributed by atoms with Gasteiger partial charge in [-0.15, -0.1) is 0 Å². The van der Waals surface area contributed by atoms with Crippen molar-refractivity contribution < 1.29 is 22.8 Å². The number of ether oxygens (including phenoxy) is 1. The molecule has 0 saturated carbocycles. The van der Waals surface area contributed by atoms with E-state index in [1.165, 1.54) is 0 Å². The van der Waals surface area contributed by atoms with E-state index in [9.17, 15) is 13.5 Å². The predicted molar refractivity (Wildman–Crippen MR) is 57.0 cm³/mol. The van der Waals surface area contributed by atoms with Gasteiger partial charge in [-0.05, 0) is 6.42 Å². The molecule has 8 heteroatoms. The van der Waals surface area contributed by atoms with Crippen LogP contribution < -0.4 is 0 Å². The topological polar surface area (TPSA) is 103 Å². The molecule has 2 atom stereocenters. The average molecular weight is 262 g/mol. The molecular formula is C9H14N2O5S. The third kappa shape index (κ3) is 3.24. The zero-order chi connectivity index (χ0) is 12.5. The fraction of sp³-hybridized carbons (Fsp3) is 0.778. The van der Waals surface area contributed by atoms with Gasteiger partial charge < -0.3 is 14.4 Å². The van der Waals surface area contributed by atoms with Gasteiger partial charge in [0.15, 0.2) is 15.7 Å². The molecule has 1 fully saturated rings. The monoisotopic (exact) mass is 262 g/mol. The van der Waals surface area contributed by atoms with Crippen LogP contribution in [-0.4, -0.2) is 49.2 Å². The lowest BCUT2D eigenvalue weighted by atomic mass is 9.99. The van der Waals surface area contributed by atoms with Crippen LogP contribution in [0, 0.1) is 0 Å². The van der Waals surface area contributed by atoms with Crippen molar-refractivity contribution in [2.45, 2.75) is 24.2 Å². The standard InChI is InChI=1S/C9H14N2O5S/c1-17(13,14)5-8-10-9(16-11-8)6-4-15-3-2-7(6)12/h6-7,12H,2-5H2,1H3. The number of nitrogens with zero attached hydrogens (tertiary/aromatic N) is 2. The minimum absolute atomic E-state index is 0.111. The highest BCUT2D eigenvalue weighted by molar-refractivity contribution is 7.89. The van der Waals surface area contributed by atoms with Crippen molar-refractivity contribution in [3.63, 3.8) is 0 Å². The van der Waals surface area contributed by atoms with Crippen LogP contribution in [0.25, 0.3) is 0 Å². The fourth-order valence-corrected chi connectivity index (χ4v) is 2.26. The van der Waals surface area contributed by atoms with Crippen molar-refractivity contribution >= 4 is 9.84 Å². The van der Waals surface area contributed by atoms with Gasteiger partial charge in [0.05, 0.1) is 18.6 Å². The first-order chi connectivity index (χ1) is 7.96. The van der Waals surface area contributed by atoms with Crippen molar-refractivity contribution in [3.8, 4) is 0 Å². The molecule has 0 spiro atoms. The van der Waals surface area contributed by atoms with Crippen LogP contribution in [0.3, 0.4) is 0 Å². The molecule has 1 aliphatic heterocycles. The Balaban J connectivity index is 2.12. The Morgan fingerprint density at radius 3 is 2.94 bits per heavy atom. The molecule has 1 aromatic rings. The van der Waals surface area contributed by atoms with E-state index in [1.807, 2.05) is 0 Å². The number of hydrogen-bond acceptors (Lipinski definition) is 7. The van der Waals surface area contributed by atoms with Gasteiger partial charge in [-0.25, -0.2) is 8.42 Å². The van der Waals surface area contributed by atoms with Gasteiger partial charge >= 0.3 is 0 Å². The Hall–Kier alpha value is -0.990. The lowest BCUT2D eigenvalue weighted by molar-refractivity contribution is -0.0149. The summed E-state index contributed by atoms with van der Waals surface area (Å²) in [4.78, 5) is 3.97. The van der Waals surface area contributed by atoms with Gasteiger partial charge in [0.1, 0.15) is 5.75 Å². The Morgan fingerprint density at radius 1 is 1.53 bits per heavy atom. The molecule has 0 radical (unpaired) electrons. The lowest BCUT2D eigenvalue weighted by Crippen LogP contribution is -2.30. The van der Waals surface area contributed by atoms with Crippen LogP contribution in [0.1, 0.15) is 24.1 Å². The Bertz CT molecular complexity index is 483. The van der Waals surface area contributed by atoms with Crippen LogP contribution in [-0.2, 0) is 20.3 Å². The molecule has 7 nitrogen and oxygen atoms in total. The molecule has 1 aliphatic rings. The van der Waals surface area contributed by atoms with Gasteiger partial charge in [0.25, 0.3) is 0 Å². The summed E-state index contributed by atoms with van der Waals surface area (Å²) in [7, 11) is -3.19. The van der Waals surface area contributed by atoms with Gasteiger partial charge in [-0.1, -0.05) is 5.16 Å². The maximum absolute atomic E-state index is 11.1. The van der Waals surface area contributed by atoms with Crippen LogP contribution in [0.4, 0.5) is 0 Å². The summed E-state index contributed by atoms with van der Waals surface area (Å²) in [5.41, 5.74) is 0. The number of rotatable bonds is 3. The van der Waals surface area contributed by atoms with Crippen LogP contribution in [0.15, 0.2) is 4.52 Å². The molecule has 0 aromatic carbocycles. The van der Waals surface area contributed by atoms with E-state index < -0.39 is 15.9 Å². The molecule has 0 amide bonds. The summed E-state index contributed by atoms with van der Waals surface area (Å²) in [6.07, 6.45) is 1.02. The van der Waals surface area contributed by atoms with E-state index in [0.717, 1.165) is 6.26 Å². The molecule has 2 heterocycles. The molecule has 0 aliphatic carbocycles. The molecule has 96 valence electrons. The second-order valence-electron chi connectivity index (χ2n) is 4.16. The molecule has 1 aromatic heterocycles. The van der Waals surface area contributed by atoms with Crippen molar-refractivity contribution in [1.29, 1.82) is 0 Å². The highest BCUT2D eigenvalue weighted by Gasteiger charge is 2.30. The zero-order valence-electron chi connectivity index (χ0n) is 9.37. The van der Waals surface area contributed by atoms with E-state index in [1.54, 1.807) is 0 Å². The Morgan fingerprint density at radius 2 is 2.29 bits per heavy atom. The first kappa shape index (κ1) is 12.5. The van der Waals surface area contributed by atoms with Crippen molar-refractivity contribution in [3.05, 3.63) is 11.7 Å². The molecular weight excluding hydrogens is 248 g/mol. The van der Waals surface area contributed by atoms with Crippen LogP contribution in [0.5, 0.6) is 0 Å². The fourth-order valence-electron chi connectivity index (χ4n) is 1.67. The van der Waals surface area contributed by atoms with Gasteiger partial charge in [0.2, 0.25) is 5.89 Å². The SMILES string of the molecule is CS(=O)(=O)Cc1noc(C2COCCC2O)n1. The number of hydrogen-bond donors (Lipinski definition) is 1. The first-order valence-corrected chi connectivity index (χ1v) is 7.28. The van der Waals surface area contributed by atoms with Crippen molar-refractivity contribution in [2.75, 3.05) is 19.5 Å². The lowest BCUT2D eigenvalue weighted by Gasteiger charge is -2.24. The molecule has 1 saturated heterocycles. The van der Waals surface area contributed by atoms with Crippen LogP contribution in [0.2, 0.25) is 0 Å². The van der Waals surface area contributed by atoms with Gasteiger partial charge in [0, 0.05) is 12.9 Å². The van der Waals surface area contributed by atoms with E-state index in [4.69, 9.17) is 9.26 Å². The third-order valence-electron chi connectivity index (χ3n) is 2.51. The normalized spacial score (nSPS) is 26.0. The smallest absolute Gasteiger partial charge is 0.234 e. The summed E-state index contributed by atoms with van der Waals surface area (Å²) in [5, 5.41) is 13.3. The third-order valence-corrected chi connectivity index (χ3v) is 3.29. The minimum atomic E-state index is -3.19. The summed E-state index contributed by atoms with van der Waals surface area (Å²) in [5.74, 6) is -0.291. The minimum Gasteiger partial charge on any atom is -0.392 e. The summed E-state index contributed by atoms with van der Waals surface area (Å²) in [6.45, 7) is 0.809. The van der Waals surface area contributed by atoms with E-state index in [-0.39, 0.29) is 23.4 Å². The molecule has 0 bridgehead atoms. The highest BCUT2D eigenvalue weighted by Crippen LogP contribution is 2.24. The van der Waals surface area contributed by atoms with Crippen molar-refractivity contribution in [2.24, 2.45) is 0 Å². The largest absolute Gasteiger partial charge is 0.392 e. The number of sulfone groups is 1. The second-order valence-corrected chi connectivity index (χ2v) is 6.30. The van der Waals surface area contributed by atoms with E-state index in [0.29, 0.717) is 19.6 Å². The quantitative estimate of drug-likeness (QED) is 0.781. The molecule has 2 unspecified atom stereocenters. The second kappa shape index (κ2) is 4.71.